The minimum absolute atomic E-state index is 0.00434. The molecule has 1 fully saturated rings. The zero-order chi connectivity index (χ0) is 19.6. The van der Waals surface area contributed by atoms with Crippen LogP contribution in [-0.4, -0.2) is 16.9 Å². The molecule has 2 aromatic rings. The Hall–Kier alpha value is -2.70. The van der Waals surface area contributed by atoms with Gasteiger partial charge in [0.2, 0.25) is 0 Å². The molecule has 0 aliphatic carbocycles. The highest BCUT2D eigenvalue weighted by Gasteiger charge is 2.25. The van der Waals surface area contributed by atoms with Crippen LogP contribution < -0.4 is 15.4 Å². The van der Waals surface area contributed by atoms with Crippen molar-refractivity contribution in [3.05, 3.63) is 69.2 Å². The van der Waals surface area contributed by atoms with E-state index in [1.807, 2.05) is 13.8 Å². The van der Waals surface area contributed by atoms with Gasteiger partial charge in [-0.05, 0) is 55.4 Å². The van der Waals surface area contributed by atoms with E-state index in [4.69, 9.17) is 28.6 Å². The second-order valence-electron chi connectivity index (χ2n) is 6.27. The molecule has 0 saturated carbocycles. The molecule has 0 radical (unpaired) electrons. The van der Waals surface area contributed by atoms with Crippen molar-refractivity contribution in [3.8, 4) is 5.75 Å². The lowest BCUT2D eigenvalue weighted by Crippen LogP contribution is -2.51. The number of nitrogens with one attached hydrogen (secondary N) is 2. The van der Waals surface area contributed by atoms with Gasteiger partial charge < -0.3 is 4.74 Å². The van der Waals surface area contributed by atoms with Gasteiger partial charge in [0.05, 0.1) is 5.02 Å². The predicted octanol–water partition coefficient (Wildman–Crippen LogP) is 3.45. The van der Waals surface area contributed by atoms with E-state index in [-0.39, 0.29) is 10.7 Å². The van der Waals surface area contributed by atoms with Crippen LogP contribution in [0.4, 0.5) is 0 Å². The van der Waals surface area contributed by atoms with Crippen LogP contribution in [0.2, 0.25) is 5.02 Å². The summed E-state index contributed by atoms with van der Waals surface area (Å²) in [7, 11) is 0. The van der Waals surface area contributed by atoms with Crippen LogP contribution in [0.1, 0.15) is 22.3 Å². The zero-order valence-corrected chi connectivity index (χ0v) is 16.3. The normalized spacial score (nSPS) is 13.9. The van der Waals surface area contributed by atoms with Crippen molar-refractivity contribution in [1.29, 1.82) is 0 Å². The largest absolute Gasteiger partial charge is 0.487 e. The van der Waals surface area contributed by atoms with E-state index in [0.717, 1.165) is 5.56 Å². The first-order valence-electron chi connectivity index (χ1n) is 8.20. The Morgan fingerprint density at radius 3 is 2.26 bits per heavy atom. The number of carbonyl (C=O) groups is 2. The third-order valence-electron chi connectivity index (χ3n) is 3.89. The Morgan fingerprint density at radius 1 is 1.04 bits per heavy atom. The van der Waals surface area contributed by atoms with Crippen molar-refractivity contribution in [2.24, 2.45) is 0 Å². The summed E-state index contributed by atoms with van der Waals surface area (Å²) >= 11 is 11.1. The third-order valence-corrected chi connectivity index (χ3v) is 4.39. The minimum atomic E-state index is -0.546. The molecule has 1 aliphatic heterocycles. The second kappa shape index (κ2) is 7.90. The summed E-state index contributed by atoms with van der Waals surface area (Å²) in [5.41, 5.74) is 3.96. The van der Waals surface area contributed by atoms with E-state index >= 15 is 0 Å². The van der Waals surface area contributed by atoms with Gasteiger partial charge in [0.1, 0.15) is 17.9 Å². The van der Waals surface area contributed by atoms with Gasteiger partial charge in [-0.15, -0.1) is 0 Å². The summed E-state index contributed by atoms with van der Waals surface area (Å²) in [6, 6.07) is 11.3. The summed E-state index contributed by atoms with van der Waals surface area (Å²) in [5, 5.41) is 5.16. The van der Waals surface area contributed by atoms with Crippen LogP contribution >= 0.6 is 23.8 Å². The minimum Gasteiger partial charge on any atom is -0.487 e. The first kappa shape index (κ1) is 19.1. The quantitative estimate of drug-likeness (QED) is 0.468. The number of hydrogen-bond acceptors (Lipinski definition) is 4. The molecule has 27 heavy (non-hydrogen) atoms. The van der Waals surface area contributed by atoms with E-state index < -0.39 is 11.8 Å². The Balaban J connectivity index is 1.75. The number of carbonyl (C=O) groups excluding carboxylic acids is 2. The maximum Gasteiger partial charge on any atom is 0.263 e. The lowest BCUT2D eigenvalue weighted by molar-refractivity contribution is -0.123. The van der Waals surface area contributed by atoms with Crippen LogP contribution in [-0.2, 0) is 16.2 Å². The monoisotopic (exact) mass is 400 g/mol. The van der Waals surface area contributed by atoms with Gasteiger partial charge in [-0.2, -0.15) is 0 Å². The van der Waals surface area contributed by atoms with Gasteiger partial charge >= 0.3 is 0 Å². The summed E-state index contributed by atoms with van der Waals surface area (Å²) in [4.78, 5) is 23.8. The number of hydrogen-bond donors (Lipinski definition) is 2. The fourth-order valence-electron chi connectivity index (χ4n) is 2.81. The smallest absolute Gasteiger partial charge is 0.263 e. The van der Waals surface area contributed by atoms with Crippen molar-refractivity contribution in [1.82, 2.24) is 10.6 Å². The fraction of sp³-hybridized carbons (Fsp3) is 0.150. The number of ether oxygens (including phenoxy) is 1. The zero-order valence-electron chi connectivity index (χ0n) is 14.8. The van der Waals surface area contributed by atoms with Gasteiger partial charge in [-0.25, -0.2) is 0 Å². The number of amides is 2. The van der Waals surface area contributed by atoms with Crippen LogP contribution in [0.25, 0.3) is 6.08 Å². The van der Waals surface area contributed by atoms with Gasteiger partial charge in [-0.1, -0.05) is 47.0 Å². The molecule has 138 valence electrons. The second-order valence-corrected chi connectivity index (χ2v) is 7.09. The molecule has 0 unspecified atom stereocenters. The lowest BCUT2D eigenvalue weighted by Gasteiger charge is -2.16. The molecule has 1 saturated heterocycles. The van der Waals surface area contributed by atoms with E-state index in [1.54, 1.807) is 18.2 Å². The SMILES string of the molecule is Cc1cc(C)cc(COc2ccc(C=C3C(=O)NC(=S)NC3=O)cc2Cl)c1. The van der Waals surface area contributed by atoms with Crippen molar-refractivity contribution in [2.75, 3.05) is 0 Å². The summed E-state index contributed by atoms with van der Waals surface area (Å²) < 4.78 is 5.81. The first-order chi connectivity index (χ1) is 12.8. The molecule has 0 bridgehead atoms. The molecule has 2 N–H and O–H groups in total. The topological polar surface area (TPSA) is 67.4 Å². The van der Waals surface area contributed by atoms with Gasteiger partial charge in [0.15, 0.2) is 5.11 Å². The molecule has 1 aliphatic rings. The van der Waals surface area contributed by atoms with Crippen LogP contribution in [0.3, 0.4) is 0 Å². The van der Waals surface area contributed by atoms with E-state index in [1.165, 1.54) is 17.2 Å². The lowest BCUT2D eigenvalue weighted by atomic mass is 10.1. The number of aryl methyl sites for hydroxylation is 2. The van der Waals surface area contributed by atoms with Crippen molar-refractivity contribution < 1.29 is 14.3 Å². The molecule has 0 atom stereocenters. The van der Waals surface area contributed by atoms with E-state index in [9.17, 15) is 9.59 Å². The van der Waals surface area contributed by atoms with Crippen LogP contribution in [0, 0.1) is 13.8 Å². The molecule has 1 heterocycles. The molecular weight excluding hydrogens is 384 g/mol. The molecule has 0 aromatic heterocycles. The van der Waals surface area contributed by atoms with Gasteiger partial charge in [-0.3, -0.25) is 20.2 Å². The maximum atomic E-state index is 11.9. The summed E-state index contributed by atoms with van der Waals surface area (Å²) in [6.45, 7) is 4.47. The Bertz CT molecular complexity index is 943. The number of halogens is 1. The molecule has 0 spiro atoms. The van der Waals surface area contributed by atoms with E-state index in [0.29, 0.717) is 22.9 Å². The third kappa shape index (κ3) is 4.72. The Labute approximate surface area is 167 Å². The average molecular weight is 401 g/mol. The van der Waals surface area contributed by atoms with Crippen molar-refractivity contribution in [2.45, 2.75) is 20.5 Å². The van der Waals surface area contributed by atoms with Gasteiger partial charge in [0.25, 0.3) is 11.8 Å². The Kier molecular flexibility index (Phi) is 5.58. The highest BCUT2D eigenvalue weighted by atomic mass is 35.5. The van der Waals surface area contributed by atoms with Crippen LogP contribution in [0.15, 0.2) is 42.0 Å². The summed E-state index contributed by atoms with van der Waals surface area (Å²) in [5.74, 6) is -0.568. The van der Waals surface area contributed by atoms with Crippen molar-refractivity contribution >= 4 is 46.8 Å². The average Bonchev–Trinajstić information content (AvgIpc) is 2.56. The molecule has 5 nitrogen and oxygen atoms in total. The maximum absolute atomic E-state index is 11.9. The molecule has 7 heteroatoms. The standard InChI is InChI=1S/C20H17ClN2O3S/c1-11-5-12(2)7-14(6-11)10-26-17-4-3-13(9-16(17)21)8-15-18(24)22-20(27)23-19(15)25/h3-9H,10H2,1-2H3,(H2,22,23,24,25,27). The highest BCUT2D eigenvalue weighted by Crippen LogP contribution is 2.27. The molecule has 2 amide bonds. The predicted molar refractivity (Wildman–Crippen MR) is 109 cm³/mol. The van der Waals surface area contributed by atoms with Crippen LogP contribution in [0.5, 0.6) is 5.75 Å². The summed E-state index contributed by atoms with van der Waals surface area (Å²) in [6.07, 6.45) is 1.45. The first-order valence-corrected chi connectivity index (χ1v) is 8.98. The Morgan fingerprint density at radius 2 is 1.67 bits per heavy atom. The molecule has 3 rings (SSSR count). The molecular formula is C20H17ClN2O3S. The fourth-order valence-corrected chi connectivity index (χ4v) is 3.24. The number of rotatable bonds is 4. The van der Waals surface area contributed by atoms with Gasteiger partial charge in [0, 0.05) is 0 Å². The number of thiocarbonyl (C=S) groups is 1. The van der Waals surface area contributed by atoms with E-state index in [2.05, 4.69) is 28.8 Å². The molecule has 2 aromatic carbocycles. The number of benzene rings is 2. The highest BCUT2D eigenvalue weighted by molar-refractivity contribution is 7.80. The van der Waals surface area contributed by atoms with Crippen molar-refractivity contribution in [3.63, 3.8) is 0 Å².